The van der Waals surface area contributed by atoms with Crippen molar-refractivity contribution in [1.29, 1.82) is 0 Å². The van der Waals surface area contributed by atoms with Gasteiger partial charge in [-0.2, -0.15) is 0 Å². The van der Waals surface area contributed by atoms with Crippen molar-refractivity contribution in [3.05, 3.63) is 53.9 Å². The second-order valence-corrected chi connectivity index (χ2v) is 3.60. The number of imidazole rings is 1. The van der Waals surface area contributed by atoms with Crippen LogP contribution in [0.1, 0.15) is 16.1 Å². The van der Waals surface area contributed by atoms with Crippen molar-refractivity contribution in [2.45, 2.75) is 6.42 Å². The summed E-state index contributed by atoms with van der Waals surface area (Å²) in [5.74, 6) is -0.967. The molecule has 0 saturated heterocycles. The molecule has 4 nitrogen and oxygen atoms in total. The fraction of sp³-hybridized carbons (Fsp3) is 0.167. The van der Waals surface area contributed by atoms with Crippen molar-refractivity contribution in [2.75, 3.05) is 6.54 Å². The third-order valence-corrected chi connectivity index (χ3v) is 2.38. The average Bonchev–Trinajstić information content (AvgIpc) is 2.78. The van der Waals surface area contributed by atoms with Crippen LogP contribution in [0.4, 0.5) is 4.39 Å². The van der Waals surface area contributed by atoms with Crippen LogP contribution in [0, 0.1) is 5.82 Å². The molecule has 0 atom stereocenters. The minimum atomic E-state index is -0.536. The highest BCUT2D eigenvalue weighted by Crippen LogP contribution is 2.09. The Kier molecular flexibility index (Phi) is 3.30. The molecule has 0 saturated carbocycles. The second kappa shape index (κ2) is 4.88. The largest absolute Gasteiger partial charge is 0.330 e. The quantitative estimate of drug-likeness (QED) is 0.866. The molecule has 1 heterocycles. The maximum atomic E-state index is 13.4. The van der Waals surface area contributed by atoms with E-state index in [0.29, 0.717) is 13.0 Å². The monoisotopic (exact) mass is 233 g/mol. The Hall–Kier alpha value is -2.01. The van der Waals surface area contributed by atoms with Crippen LogP contribution in [0.2, 0.25) is 0 Å². The number of aromatic nitrogens is 2. The fourth-order valence-electron chi connectivity index (χ4n) is 1.53. The SMILES string of the molecule is NCCc1cn(C(=O)c2ccccc2F)cn1. The number of hydrogen-bond donors (Lipinski definition) is 1. The molecule has 0 amide bonds. The third-order valence-electron chi connectivity index (χ3n) is 2.38. The summed E-state index contributed by atoms with van der Waals surface area (Å²) in [5.41, 5.74) is 6.14. The van der Waals surface area contributed by atoms with E-state index >= 15 is 0 Å². The zero-order valence-corrected chi connectivity index (χ0v) is 9.14. The van der Waals surface area contributed by atoms with Crippen LogP contribution >= 0.6 is 0 Å². The summed E-state index contributed by atoms with van der Waals surface area (Å²) in [6, 6.07) is 5.86. The first-order chi connectivity index (χ1) is 8.22. The predicted molar refractivity (Wildman–Crippen MR) is 61.1 cm³/mol. The summed E-state index contributed by atoms with van der Waals surface area (Å²) in [5, 5.41) is 0. The molecule has 0 aliphatic carbocycles. The molecule has 2 aromatic rings. The topological polar surface area (TPSA) is 60.9 Å². The van der Waals surface area contributed by atoms with Gasteiger partial charge in [-0.15, -0.1) is 0 Å². The van der Waals surface area contributed by atoms with Gasteiger partial charge in [-0.1, -0.05) is 12.1 Å². The third kappa shape index (κ3) is 2.39. The van der Waals surface area contributed by atoms with E-state index in [1.54, 1.807) is 18.3 Å². The molecule has 1 aromatic heterocycles. The smallest absolute Gasteiger partial charge is 0.266 e. The van der Waals surface area contributed by atoms with Crippen molar-refractivity contribution in [3.8, 4) is 0 Å². The Morgan fingerprint density at radius 3 is 2.88 bits per heavy atom. The molecule has 5 heteroatoms. The van der Waals surface area contributed by atoms with Crippen LogP contribution in [0.15, 0.2) is 36.8 Å². The summed E-state index contributed by atoms with van der Waals surface area (Å²) < 4.78 is 14.7. The van der Waals surface area contributed by atoms with E-state index in [-0.39, 0.29) is 5.56 Å². The number of nitrogens with zero attached hydrogens (tertiary/aromatic N) is 2. The Balaban J connectivity index is 2.28. The molecule has 0 fully saturated rings. The lowest BCUT2D eigenvalue weighted by molar-refractivity contribution is 0.0955. The lowest BCUT2D eigenvalue weighted by Crippen LogP contribution is -2.11. The molecule has 88 valence electrons. The molecule has 0 bridgehead atoms. The first-order valence-electron chi connectivity index (χ1n) is 5.24. The van der Waals surface area contributed by atoms with Crippen molar-refractivity contribution in [3.63, 3.8) is 0 Å². The zero-order chi connectivity index (χ0) is 12.3. The summed E-state index contributed by atoms with van der Waals surface area (Å²) >= 11 is 0. The standard InChI is InChI=1S/C12H12FN3O/c13-11-4-2-1-3-10(11)12(17)16-7-9(5-6-14)15-8-16/h1-4,7-8H,5-6,14H2. The zero-order valence-electron chi connectivity index (χ0n) is 9.14. The number of halogens is 1. The minimum absolute atomic E-state index is 0.0317. The highest BCUT2D eigenvalue weighted by atomic mass is 19.1. The maximum Gasteiger partial charge on any atom is 0.266 e. The molecule has 0 aliphatic rings. The number of carbonyl (C=O) groups is 1. The number of nitrogens with two attached hydrogens (primary N) is 1. The van der Waals surface area contributed by atoms with Crippen molar-refractivity contribution >= 4 is 5.91 Å². The van der Waals surface area contributed by atoms with E-state index in [1.165, 1.54) is 23.0 Å². The van der Waals surface area contributed by atoms with Crippen LogP contribution in [-0.4, -0.2) is 22.0 Å². The van der Waals surface area contributed by atoms with Crippen molar-refractivity contribution < 1.29 is 9.18 Å². The molecule has 0 unspecified atom stereocenters. The van der Waals surface area contributed by atoms with Gasteiger partial charge in [0.2, 0.25) is 0 Å². The van der Waals surface area contributed by atoms with Gasteiger partial charge >= 0.3 is 0 Å². The summed E-state index contributed by atoms with van der Waals surface area (Å²) in [6.45, 7) is 0.463. The van der Waals surface area contributed by atoms with E-state index in [0.717, 1.165) is 5.69 Å². The Morgan fingerprint density at radius 2 is 2.18 bits per heavy atom. The van der Waals surface area contributed by atoms with Gasteiger partial charge in [-0.25, -0.2) is 9.37 Å². The fourth-order valence-corrected chi connectivity index (χ4v) is 1.53. The van der Waals surface area contributed by atoms with Crippen LogP contribution in [0.25, 0.3) is 0 Å². The van der Waals surface area contributed by atoms with Gasteiger partial charge in [0, 0.05) is 12.6 Å². The predicted octanol–water partition coefficient (Wildman–Crippen LogP) is 1.21. The number of hydrogen-bond acceptors (Lipinski definition) is 3. The van der Waals surface area contributed by atoms with Crippen LogP contribution in [0.3, 0.4) is 0 Å². The van der Waals surface area contributed by atoms with E-state index in [2.05, 4.69) is 4.98 Å². The van der Waals surface area contributed by atoms with E-state index in [1.807, 2.05) is 0 Å². The number of carbonyl (C=O) groups excluding carboxylic acids is 1. The molecule has 1 aromatic carbocycles. The van der Waals surface area contributed by atoms with Gasteiger partial charge in [0.25, 0.3) is 5.91 Å². The van der Waals surface area contributed by atoms with Gasteiger partial charge in [0.15, 0.2) is 0 Å². The highest BCUT2D eigenvalue weighted by molar-refractivity contribution is 5.96. The molecular weight excluding hydrogens is 221 g/mol. The lowest BCUT2D eigenvalue weighted by Gasteiger charge is -2.01. The Morgan fingerprint density at radius 1 is 1.41 bits per heavy atom. The molecule has 2 N–H and O–H groups in total. The van der Waals surface area contributed by atoms with Gasteiger partial charge < -0.3 is 5.73 Å². The minimum Gasteiger partial charge on any atom is -0.330 e. The summed E-state index contributed by atoms with van der Waals surface area (Å²) in [6.07, 6.45) is 3.54. The van der Waals surface area contributed by atoms with Gasteiger partial charge in [-0.3, -0.25) is 9.36 Å². The van der Waals surface area contributed by atoms with Gasteiger partial charge in [-0.05, 0) is 18.7 Å². The first kappa shape index (κ1) is 11.5. The van der Waals surface area contributed by atoms with Crippen molar-refractivity contribution in [1.82, 2.24) is 9.55 Å². The summed E-state index contributed by atoms with van der Waals surface area (Å²) in [7, 11) is 0. The lowest BCUT2D eigenvalue weighted by atomic mass is 10.2. The van der Waals surface area contributed by atoms with Crippen LogP contribution in [0.5, 0.6) is 0 Å². The van der Waals surface area contributed by atoms with E-state index in [9.17, 15) is 9.18 Å². The molecule has 0 aliphatic heterocycles. The molecular formula is C12H12FN3O. The highest BCUT2D eigenvalue weighted by Gasteiger charge is 2.13. The molecule has 0 radical (unpaired) electrons. The van der Waals surface area contributed by atoms with Crippen LogP contribution in [-0.2, 0) is 6.42 Å². The Labute approximate surface area is 97.9 Å². The number of benzene rings is 1. The molecule has 17 heavy (non-hydrogen) atoms. The first-order valence-corrected chi connectivity index (χ1v) is 5.24. The van der Waals surface area contributed by atoms with E-state index in [4.69, 9.17) is 5.73 Å². The van der Waals surface area contributed by atoms with Crippen molar-refractivity contribution in [2.24, 2.45) is 5.73 Å². The van der Waals surface area contributed by atoms with Gasteiger partial charge in [0.05, 0.1) is 11.3 Å². The average molecular weight is 233 g/mol. The molecule has 2 rings (SSSR count). The molecule has 0 spiro atoms. The van der Waals surface area contributed by atoms with E-state index < -0.39 is 11.7 Å². The normalized spacial score (nSPS) is 10.5. The summed E-state index contributed by atoms with van der Waals surface area (Å²) in [4.78, 5) is 16.0. The van der Waals surface area contributed by atoms with Gasteiger partial charge in [0.1, 0.15) is 12.1 Å². The Bertz CT molecular complexity index is 536. The maximum absolute atomic E-state index is 13.4. The number of rotatable bonds is 3. The van der Waals surface area contributed by atoms with Crippen LogP contribution < -0.4 is 5.73 Å². The second-order valence-electron chi connectivity index (χ2n) is 3.60.